The van der Waals surface area contributed by atoms with Crippen LogP contribution in [-0.2, 0) is 17.8 Å². The van der Waals surface area contributed by atoms with Crippen LogP contribution in [-0.4, -0.2) is 22.6 Å². The Morgan fingerprint density at radius 3 is 2.82 bits per heavy atom. The summed E-state index contributed by atoms with van der Waals surface area (Å²) in [5.74, 6) is 1.82. The van der Waals surface area contributed by atoms with Crippen molar-refractivity contribution in [1.82, 2.24) is 15.3 Å². The van der Waals surface area contributed by atoms with Gasteiger partial charge in [0, 0.05) is 30.6 Å². The molecule has 1 unspecified atom stereocenters. The number of aryl methyl sites for hydroxylation is 1. The molecule has 3 aromatic rings. The lowest BCUT2D eigenvalue weighted by Crippen LogP contribution is -2.24. The lowest BCUT2D eigenvalue weighted by atomic mass is 10.1. The number of hydrogen-bond acceptors (Lipinski definition) is 6. The molecule has 0 aliphatic heterocycles. The summed E-state index contributed by atoms with van der Waals surface area (Å²) < 4.78 is 0. The highest BCUT2D eigenvalue weighted by molar-refractivity contribution is 5.75. The third kappa shape index (κ3) is 4.31. The second-order valence-corrected chi connectivity index (χ2v) is 8.85. The van der Waals surface area contributed by atoms with Crippen LogP contribution in [0.3, 0.4) is 0 Å². The zero-order valence-electron chi connectivity index (χ0n) is 18.8. The smallest absolute Gasteiger partial charge is 0.217 e. The minimum atomic E-state index is -0.00717. The molecule has 0 radical (unpaired) electrons. The van der Waals surface area contributed by atoms with Gasteiger partial charge in [-0.3, -0.25) is 9.79 Å². The first-order valence-corrected chi connectivity index (χ1v) is 11.4. The lowest BCUT2D eigenvalue weighted by Gasteiger charge is -2.27. The molecule has 1 aromatic carbocycles. The number of rotatable bonds is 7. The second kappa shape index (κ2) is 8.65. The van der Waals surface area contributed by atoms with E-state index in [0.29, 0.717) is 18.3 Å². The summed E-state index contributed by atoms with van der Waals surface area (Å²) in [4.78, 5) is 27.1. The fraction of sp³-hybridized carbons (Fsp3) is 0.308. The number of hydrogen-bond donors (Lipinski definition) is 2. The molecule has 168 valence electrons. The third-order valence-electron chi connectivity index (χ3n) is 6.49. The van der Waals surface area contributed by atoms with Gasteiger partial charge in [-0.15, -0.1) is 0 Å². The Labute approximate surface area is 193 Å². The predicted molar refractivity (Wildman–Crippen MR) is 131 cm³/mol. The van der Waals surface area contributed by atoms with Gasteiger partial charge in [-0.2, -0.15) is 0 Å². The molecule has 1 fully saturated rings. The molecule has 2 aliphatic carbocycles. The van der Waals surface area contributed by atoms with Crippen LogP contribution >= 0.6 is 0 Å². The van der Waals surface area contributed by atoms with Crippen LogP contribution < -0.4 is 16.0 Å². The minimum absolute atomic E-state index is 0.00717. The van der Waals surface area contributed by atoms with Crippen molar-refractivity contribution in [1.29, 1.82) is 0 Å². The van der Waals surface area contributed by atoms with Crippen LogP contribution in [0.25, 0.3) is 0 Å². The van der Waals surface area contributed by atoms with Gasteiger partial charge in [-0.25, -0.2) is 9.97 Å². The van der Waals surface area contributed by atoms with Gasteiger partial charge >= 0.3 is 0 Å². The van der Waals surface area contributed by atoms with Gasteiger partial charge < -0.3 is 16.0 Å². The monoisotopic (exact) mass is 440 g/mol. The summed E-state index contributed by atoms with van der Waals surface area (Å²) in [6, 6.07) is 12.4. The Kier molecular flexibility index (Phi) is 5.54. The van der Waals surface area contributed by atoms with Crippen molar-refractivity contribution in [3.63, 3.8) is 0 Å². The average Bonchev–Trinajstić information content (AvgIpc) is 3.60. The van der Waals surface area contributed by atoms with E-state index in [1.165, 1.54) is 29.5 Å². The topological polar surface area (TPSA) is 96.5 Å². The Balaban J connectivity index is 1.56. The van der Waals surface area contributed by atoms with E-state index in [9.17, 15) is 4.79 Å². The normalized spacial score (nSPS) is 16.8. The number of carbonyl (C=O) groups excluding carboxylic acids is 1. The highest BCUT2D eigenvalue weighted by Gasteiger charge is 2.27. The standard InChI is InChI=1S/C26H28N6O/c1-16(33)31-23-10-7-18-12-21(8-9-22(18)23)32(15-19-4-3-11-29-25(19)27)26-24(28-2)13-20(14-30-26)17-5-6-17/h3-4,8-9,11-14,17,23H,2,5-7,10,15H2,1H3,(H2,27,29)(H,31,33). The van der Waals surface area contributed by atoms with Crippen molar-refractivity contribution in [2.24, 2.45) is 4.99 Å². The molecule has 1 amide bonds. The van der Waals surface area contributed by atoms with Crippen LogP contribution in [0.2, 0.25) is 0 Å². The number of carbonyl (C=O) groups is 1. The molecular weight excluding hydrogens is 412 g/mol. The molecular formula is C26H28N6O. The fourth-order valence-corrected chi connectivity index (χ4v) is 4.64. The molecule has 1 saturated carbocycles. The maximum atomic E-state index is 11.6. The molecule has 7 heteroatoms. The van der Waals surface area contributed by atoms with Gasteiger partial charge in [0.1, 0.15) is 11.5 Å². The highest BCUT2D eigenvalue weighted by Crippen LogP contribution is 2.44. The van der Waals surface area contributed by atoms with Crippen molar-refractivity contribution >= 4 is 35.6 Å². The summed E-state index contributed by atoms with van der Waals surface area (Å²) in [5, 5.41) is 3.05. The van der Waals surface area contributed by atoms with E-state index < -0.39 is 0 Å². The van der Waals surface area contributed by atoms with Crippen molar-refractivity contribution < 1.29 is 4.79 Å². The molecule has 7 nitrogen and oxygen atoms in total. The molecule has 3 N–H and O–H groups in total. The first-order chi connectivity index (χ1) is 16.0. The van der Waals surface area contributed by atoms with Crippen molar-refractivity contribution in [3.05, 3.63) is 71.0 Å². The van der Waals surface area contributed by atoms with E-state index in [-0.39, 0.29) is 11.9 Å². The highest BCUT2D eigenvalue weighted by atomic mass is 16.1. The number of aliphatic imine (C=N–C) groups is 1. The Morgan fingerprint density at radius 2 is 2.09 bits per heavy atom. The van der Waals surface area contributed by atoms with Crippen molar-refractivity contribution in [2.75, 3.05) is 10.6 Å². The first-order valence-electron chi connectivity index (χ1n) is 11.4. The zero-order valence-corrected chi connectivity index (χ0v) is 18.8. The van der Waals surface area contributed by atoms with E-state index in [2.05, 4.69) is 51.2 Å². The predicted octanol–water partition coefficient (Wildman–Crippen LogP) is 4.73. The van der Waals surface area contributed by atoms with Gasteiger partial charge in [-0.1, -0.05) is 12.1 Å². The molecule has 1 atom stereocenters. The van der Waals surface area contributed by atoms with Crippen LogP contribution in [0.4, 0.5) is 23.0 Å². The van der Waals surface area contributed by atoms with Crippen LogP contribution in [0.1, 0.15) is 60.4 Å². The van der Waals surface area contributed by atoms with Crippen LogP contribution in [0.15, 0.2) is 53.8 Å². The van der Waals surface area contributed by atoms with E-state index >= 15 is 0 Å². The van der Waals surface area contributed by atoms with Gasteiger partial charge in [-0.05, 0) is 79.3 Å². The lowest BCUT2D eigenvalue weighted by molar-refractivity contribution is -0.119. The van der Waals surface area contributed by atoms with E-state index in [4.69, 9.17) is 10.7 Å². The van der Waals surface area contributed by atoms with Gasteiger partial charge in [0.15, 0.2) is 5.82 Å². The molecule has 0 spiro atoms. The first kappa shape index (κ1) is 21.1. The molecule has 0 bridgehead atoms. The summed E-state index contributed by atoms with van der Waals surface area (Å²) in [5.41, 5.74) is 12.5. The number of anilines is 3. The Morgan fingerprint density at radius 1 is 1.24 bits per heavy atom. The number of nitrogens with zero attached hydrogens (tertiary/aromatic N) is 4. The fourth-order valence-electron chi connectivity index (χ4n) is 4.64. The number of fused-ring (bicyclic) bond motifs is 1. The molecule has 0 saturated heterocycles. The minimum Gasteiger partial charge on any atom is -0.383 e. The zero-order chi connectivity index (χ0) is 22.9. The van der Waals surface area contributed by atoms with Crippen LogP contribution in [0.5, 0.6) is 0 Å². The molecule has 5 rings (SSSR count). The number of nitrogen functional groups attached to an aromatic ring is 1. The Hall–Kier alpha value is -3.74. The third-order valence-corrected chi connectivity index (χ3v) is 6.49. The van der Waals surface area contributed by atoms with E-state index in [1.54, 1.807) is 13.1 Å². The summed E-state index contributed by atoms with van der Waals surface area (Å²) in [7, 11) is 0. The summed E-state index contributed by atoms with van der Waals surface area (Å²) >= 11 is 0. The maximum Gasteiger partial charge on any atom is 0.217 e. The number of nitrogens with two attached hydrogens (primary N) is 1. The second-order valence-electron chi connectivity index (χ2n) is 8.85. The SMILES string of the molecule is C=Nc1cc(C2CC2)cnc1N(Cc1cccnc1N)c1ccc2c(c1)CCC2NC(C)=O. The molecule has 2 aromatic heterocycles. The number of benzene rings is 1. The summed E-state index contributed by atoms with van der Waals surface area (Å²) in [6.45, 7) is 5.88. The van der Waals surface area contributed by atoms with E-state index in [1.807, 2.05) is 18.3 Å². The number of amides is 1. The van der Waals surface area contributed by atoms with Crippen molar-refractivity contribution in [2.45, 2.75) is 51.1 Å². The number of nitrogens with one attached hydrogen (secondary N) is 1. The quantitative estimate of drug-likeness (QED) is 0.518. The number of pyridine rings is 2. The van der Waals surface area contributed by atoms with Crippen LogP contribution in [0, 0.1) is 0 Å². The summed E-state index contributed by atoms with van der Waals surface area (Å²) in [6.07, 6.45) is 7.88. The van der Waals surface area contributed by atoms with Crippen molar-refractivity contribution in [3.8, 4) is 0 Å². The van der Waals surface area contributed by atoms with Gasteiger partial charge in [0.2, 0.25) is 5.91 Å². The molecule has 33 heavy (non-hydrogen) atoms. The largest absolute Gasteiger partial charge is 0.383 e. The van der Waals surface area contributed by atoms with Gasteiger partial charge in [0.05, 0.1) is 12.6 Å². The average molecular weight is 441 g/mol. The van der Waals surface area contributed by atoms with Gasteiger partial charge in [0.25, 0.3) is 0 Å². The maximum absolute atomic E-state index is 11.6. The molecule has 2 heterocycles. The Bertz CT molecular complexity index is 1220. The number of aromatic nitrogens is 2. The van der Waals surface area contributed by atoms with E-state index in [0.717, 1.165) is 35.6 Å². The molecule has 2 aliphatic rings.